The normalized spacial score (nSPS) is 14.0. The Morgan fingerprint density at radius 1 is 0.676 bits per heavy atom. The second-order valence-corrected chi connectivity index (χ2v) is 10.5. The van der Waals surface area contributed by atoms with E-state index in [0.29, 0.717) is 0 Å². The van der Waals surface area contributed by atoms with Gasteiger partial charge in [0.25, 0.3) is 0 Å². The fourth-order valence-corrected chi connectivity index (χ4v) is 6.23. The molecule has 2 aromatic heterocycles. The third-order valence-corrected chi connectivity index (χ3v) is 8.04. The van der Waals surface area contributed by atoms with E-state index in [1.165, 1.54) is 43.9 Å². The maximum atomic E-state index is 4.47. The first kappa shape index (κ1) is 21.7. The van der Waals surface area contributed by atoms with Crippen molar-refractivity contribution in [1.82, 2.24) is 9.13 Å². The molecule has 0 bridgehead atoms. The van der Waals surface area contributed by atoms with Gasteiger partial charge in [-0.2, -0.15) is 0 Å². The summed E-state index contributed by atoms with van der Waals surface area (Å²) in [5.41, 5.74) is 10.7. The molecule has 1 aliphatic rings. The van der Waals surface area contributed by atoms with Gasteiger partial charge < -0.3 is 9.13 Å². The van der Waals surface area contributed by atoms with Crippen molar-refractivity contribution < 1.29 is 0 Å². The average Bonchev–Trinajstić information content (AvgIpc) is 3.56. The van der Waals surface area contributed by atoms with Gasteiger partial charge in [0.2, 0.25) is 0 Å². The van der Waals surface area contributed by atoms with Crippen LogP contribution in [0.2, 0.25) is 0 Å². The molecule has 0 saturated heterocycles. The van der Waals surface area contributed by atoms with Crippen molar-refractivity contribution in [2.75, 3.05) is 0 Å². The molecule has 6 aromatic rings. The lowest BCUT2D eigenvalue weighted by atomic mass is 9.82. The predicted molar refractivity (Wildman–Crippen MR) is 159 cm³/mol. The molecule has 37 heavy (non-hydrogen) atoms. The SMILES string of the molecule is C=C(/C=C\C(=C)n1c2ccccc2c2ccccc21)n1ccc2ccc3c(c21)-c1ccccc1C3(C)C. The van der Waals surface area contributed by atoms with Crippen LogP contribution in [0.15, 0.2) is 123 Å². The van der Waals surface area contributed by atoms with Crippen molar-refractivity contribution >= 4 is 44.1 Å². The Kier molecular flexibility index (Phi) is 4.53. The third-order valence-electron chi connectivity index (χ3n) is 8.04. The number of hydrogen-bond acceptors (Lipinski definition) is 0. The Bertz CT molecular complexity index is 1880. The molecule has 1 aliphatic carbocycles. The second kappa shape index (κ2) is 7.72. The van der Waals surface area contributed by atoms with Crippen LogP contribution in [0.1, 0.15) is 25.0 Å². The fourth-order valence-electron chi connectivity index (χ4n) is 6.23. The standard InChI is InChI=1S/C35H28N2/c1-23(17-18-24(2)37-31-15-9-6-11-26(31)27-12-7-10-16-32(27)37)36-22-21-25-19-20-30-33(34(25)36)28-13-5-8-14-29(28)35(30,3)4/h5-22H,1-2H2,3-4H3/b18-17-. The zero-order chi connectivity index (χ0) is 25.3. The Labute approximate surface area is 217 Å². The monoisotopic (exact) mass is 476 g/mol. The lowest BCUT2D eigenvalue weighted by Crippen LogP contribution is -2.14. The average molecular weight is 477 g/mol. The molecule has 0 atom stereocenters. The number of allylic oxidation sites excluding steroid dienone is 4. The van der Waals surface area contributed by atoms with Crippen molar-refractivity contribution in [3.8, 4) is 11.1 Å². The van der Waals surface area contributed by atoms with Gasteiger partial charge >= 0.3 is 0 Å². The lowest BCUT2D eigenvalue weighted by molar-refractivity contribution is 0.661. The Morgan fingerprint density at radius 3 is 2.03 bits per heavy atom. The number of benzene rings is 4. The maximum Gasteiger partial charge on any atom is 0.0609 e. The maximum absolute atomic E-state index is 4.47. The highest BCUT2D eigenvalue weighted by molar-refractivity contribution is 6.10. The number of hydrogen-bond donors (Lipinski definition) is 0. The van der Waals surface area contributed by atoms with E-state index in [-0.39, 0.29) is 5.41 Å². The third kappa shape index (κ3) is 2.99. The summed E-state index contributed by atoms with van der Waals surface area (Å²) in [6.45, 7) is 13.6. The second-order valence-electron chi connectivity index (χ2n) is 10.5. The summed E-state index contributed by atoms with van der Waals surface area (Å²) in [5.74, 6) is 0. The zero-order valence-corrected chi connectivity index (χ0v) is 21.2. The van der Waals surface area contributed by atoms with E-state index in [1.54, 1.807) is 0 Å². The molecule has 0 aliphatic heterocycles. The molecule has 2 nitrogen and oxygen atoms in total. The van der Waals surface area contributed by atoms with Crippen molar-refractivity contribution in [3.05, 3.63) is 134 Å². The first-order valence-electron chi connectivity index (χ1n) is 12.8. The highest BCUT2D eigenvalue weighted by atomic mass is 15.0. The number of fused-ring (bicyclic) bond motifs is 8. The van der Waals surface area contributed by atoms with Gasteiger partial charge in [-0.15, -0.1) is 0 Å². The molecule has 0 saturated carbocycles. The van der Waals surface area contributed by atoms with Crippen LogP contribution >= 0.6 is 0 Å². The summed E-state index contributed by atoms with van der Waals surface area (Å²) in [4.78, 5) is 0. The molecule has 0 amide bonds. The van der Waals surface area contributed by atoms with E-state index in [1.807, 2.05) is 0 Å². The molecule has 4 aromatic carbocycles. The van der Waals surface area contributed by atoms with Crippen molar-refractivity contribution in [2.45, 2.75) is 19.3 Å². The Morgan fingerprint density at radius 2 is 1.30 bits per heavy atom. The Balaban J connectivity index is 1.33. The number of para-hydroxylation sites is 2. The minimum absolute atomic E-state index is 0.0305. The number of nitrogens with zero attached hydrogens (tertiary/aromatic N) is 2. The molecular weight excluding hydrogens is 448 g/mol. The topological polar surface area (TPSA) is 9.86 Å². The van der Waals surface area contributed by atoms with E-state index >= 15 is 0 Å². The molecule has 0 radical (unpaired) electrons. The summed E-state index contributed by atoms with van der Waals surface area (Å²) in [7, 11) is 0. The van der Waals surface area contributed by atoms with E-state index in [9.17, 15) is 0 Å². The molecule has 2 heteroatoms. The van der Waals surface area contributed by atoms with Gasteiger partial charge in [-0.3, -0.25) is 0 Å². The van der Waals surface area contributed by atoms with Gasteiger partial charge in [0.1, 0.15) is 0 Å². The summed E-state index contributed by atoms with van der Waals surface area (Å²) in [6.07, 6.45) is 6.29. The number of aromatic nitrogens is 2. The van der Waals surface area contributed by atoms with Gasteiger partial charge in [-0.25, -0.2) is 0 Å². The first-order valence-corrected chi connectivity index (χ1v) is 12.8. The molecule has 0 spiro atoms. The first-order chi connectivity index (χ1) is 18.0. The molecule has 7 rings (SSSR count). The van der Waals surface area contributed by atoms with E-state index in [2.05, 4.69) is 145 Å². The van der Waals surface area contributed by atoms with Crippen molar-refractivity contribution in [2.24, 2.45) is 0 Å². The smallest absolute Gasteiger partial charge is 0.0609 e. The van der Waals surface area contributed by atoms with Gasteiger partial charge in [-0.05, 0) is 47.0 Å². The molecular formula is C35H28N2. The quantitative estimate of drug-likeness (QED) is 0.224. The van der Waals surface area contributed by atoms with Crippen LogP contribution in [0, 0.1) is 0 Å². The zero-order valence-electron chi connectivity index (χ0n) is 21.2. The molecule has 2 heterocycles. The minimum atomic E-state index is -0.0305. The summed E-state index contributed by atoms with van der Waals surface area (Å²) in [5, 5.41) is 3.70. The minimum Gasteiger partial charge on any atom is -0.317 e. The van der Waals surface area contributed by atoms with Gasteiger partial charge in [0, 0.05) is 44.7 Å². The van der Waals surface area contributed by atoms with Crippen LogP contribution in [0.25, 0.3) is 55.2 Å². The van der Waals surface area contributed by atoms with Gasteiger partial charge in [0.15, 0.2) is 0 Å². The van der Waals surface area contributed by atoms with Crippen LogP contribution in [-0.2, 0) is 5.41 Å². The predicted octanol–water partition coefficient (Wildman–Crippen LogP) is 9.25. The van der Waals surface area contributed by atoms with Crippen LogP contribution < -0.4 is 0 Å². The highest BCUT2D eigenvalue weighted by Crippen LogP contribution is 2.51. The summed E-state index contributed by atoms with van der Waals surface area (Å²) >= 11 is 0. The van der Waals surface area contributed by atoms with Crippen molar-refractivity contribution in [3.63, 3.8) is 0 Å². The summed E-state index contributed by atoms with van der Waals surface area (Å²) in [6, 6.07) is 32.5. The van der Waals surface area contributed by atoms with E-state index < -0.39 is 0 Å². The van der Waals surface area contributed by atoms with Crippen LogP contribution in [0.5, 0.6) is 0 Å². The largest absolute Gasteiger partial charge is 0.317 e. The molecule has 178 valence electrons. The van der Waals surface area contributed by atoms with Crippen molar-refractivity contribution in [1.29, 1.82) is 0 Å². The Hall–Kier alpha value is -4.56. The highest BCUT2D eigenvalue weighted by Gasteiger charge is 2.36. The molecule has 0 unspecified atom stereocenters. The van der Waals surface area contributed by atoms with Gasteiger partial charge in [-0.1, -0.05) is 99.8 Å². The van der Waals surface area contributed by atoms with Crippen LogP contribution in [-0.4, -0.2) is 9.13 Å². The molecule has 0 N–H and O–H groups in total. The van der Waals surface area contributed by atoms with E-state index in [4.69, 9.17) is 0 Å². The van der Waals surface area contributed by atoms with Crippen LogP contribution in [0.4, 0.5) is 0 Å². The fraction of sp³-hybridized carbons (Fsp3) is 0.0857. The number of rotatable bonds is 4. The van der Waals surface area contributed by atoms with Crippen LogP contribution in [0.3, 0.4) is 0 Å². The lowest BCUT2D eigenvalue weighted by Gasteiger charge is -2.21. The van der Waals surface area contributed by atoms with E-state index in [0.717, 1.165) is 22.4 Å². The molecule has 0 fully saturated rings. The van der Waals surface area contributed by atoms with Gasteiger partial charge in [0.05, 0.1) is 16.6 Å². The summed E-state index contributed by atoms with van der Waals surface area (Å²) < 4.78 is 4.46.